The van der Waals surface area contributed by atoms with Crippen LogP contribution in [0.2, 0.25) is 0 Å². The Morgan fingerprint density at radius 3 is 2.55 bits per heavy atom. The van der Waals surface area contributed by atoms with E-state index in [9.17, 15) is 18.8 Å². The predicted molar refractivity (Wildman–Crippen MR) is 106 cm³/mol. The van der Waals surface area contributed by atoms with Crippen LogP contribution in [0, 0.1) is 5.82 Å². The minimum Gasteiger partial charge on any atom is -0.468 e. The summed E-state index contributed by atoms with van der Waals surface area (Å²) in [5.74, 6) is -1.22. The maximum atomic E-state index is 14.4. The highest BCUT2D eigenvalue weighted by atomic mass is 32.2. The van der Waals surface area contributed by atoms with Gasteiger partial charge in [-0.25, -0.2) is 4.39 Å². The number of benzene rings is 2. The summed E-state index contributed by atoms with van der Waals surface area (Å²) < 4.78 is 24.5. The van der Waals surface area contributed by atoms with Gasteiger partial charge in [-0.2, -0.15) is 0 Å². The molecule has 0 aromatic heterocycles. The average molecular weight is 416 g/mol. The number of esters is 1. The Morgan fingerprint density at radius 2 is 1.97 bits per heavy atom. The molecule has 0 aliphatic carbocycles. The van der Waals surface area contributed by atoms with Crippen LogP contribution < -0.4 is 15.8 Å². The molecule has 0 saturated carbocycles. The highest BCUT2D eigenvalue weighted by Crippen LogP contribution is 2.29. The van der Waals surface area contributed by atoms with Gasteiger partial charge in [-0.1, -0.05) is 18.2 Å². The number of carbonyl (C=O) groups excluding carboxylic acids is 3. The molecule has 0 radical (unpaired) electrons. The molecular weight excluding hydrogens is 399 g/mol. The Kier molecular flexibility index (Phi) is 6.30. The largest absolute Gasteiger partial charge is 0.468 e. The third-order valence-electron chi connectivity index (χ3n) is 4.01. The zero-order valence-electron chi connectivity index (χ0n) is 15.3. The SMILES string of the molecule is COC(=O)C(N)Cc1ccc(Oc2ccc(C=C3SC(=O)NC3=O)cc2F)cc1. The van der Waals surface area contributed by atoms with Crippen molar-refractivity contribution in [2.75, 3.05) is 7.11 Å². The molecule has 29 heavy (non-hydrogen) atoms. The first-order valence-corrected chi connectivity index (χ1v) is 9.32. The number of amides is 2. The van der Waals surface area contributed by atoms with Crippen molar-refractivity contribution in [3.63, 3.8) is 0 Å². The number of hydrogen-bond donors (Lipinski definition) is 2. The van der Waals surface area contributed by atoms with Gasteiger partial charge in [0, 0.05) is 0 Å². The lowest BCUT2D eigenvalue weighted by atomic mass is 10.1. The summed E-state index contributed by atoms with van der Waals surface area (Å²) in [6.45, 7) is 0. The molecule has 1 saturated heterocycles. The van der Waals surface area contributed by atoms with Gasteiger partial charge in [-0.05, 0) is 59.7 Å². The fourth-order valence-corrected chi connectivity index (χ4v) is 3.25. The molecule has 3 N–H and O–H groups in total. The number of hydrogen-bond acceptors (Lipinski definition) is 7. The first-order chi connectivity index (χ1) is 13.9. The molecule has 1 atom stereocenters. The van der Waals surface area contributed by atoms with Gasteiger partial charge in [-0.15, -0.1) is 0 Å². The maximum absolute atomic E-state index is 14.4. The van der Waals surface area contributed by atoms with Crippen LogP contribution in [0.1, 0.15) is 11.1 Å². The molecule has 0 spiro atoms. The molecule has 2 amide bonds. The lowest BCUT2D eigenvalue weighted by Crippen LogP contribution is -2.33. The summed E-state index contributed by atoms with van der Waals surface area (Å²) in [6.07, 6.45) is 1.73. The van der Waals surface area contributed by atoms with Crippen molar-refractivity contribution >= 4 is 35.0 Å². The standard InChI is InChI=1S/C20H17FN2O5S/c1-27-19(25)15(22)9-11-2-5-13(6-3-11)28-16-7-4-12(8-14(16)21)10-17-18(24)23-20(26)29-17/h2-8,10,15H,9,22H2,1H3,(H,23,24,26). The number of nitrogens with two attached hydrogens (primary N) is 1. The number of methoxy groups -OCH3 is 1. The number of imide groups is 1. The van der Waals surface area contributed by atoms with Crippen LogP contribution in [0.3, 0.4) is 0 Å². The predicted octanol–water partition coefficient (Wildman–Crippen LogP) is 2.98. The Hall–Kier alpha value is -3.17. The number of rotatable bonds is 6. The van der Waals surface area contributed by atoms with E-state index in [1.54, 1.807) is 30.3 Å². The van der Waals surface area contributed by atoms with E-state index in [0.29, 0.717) is 17.7 Å². The Balaban J connectivity index is 1.67. The van der Waals surface area contributed by atoms with Gasteiger partial charge in [0.15, 0.2) is 11.6 Å². The fraction of sp³-hybridized carbons (Fsp3) is 0.150. The molecule has 1 unspecified atom stereocenters. The van der Waals surface area contributed by atoms with Gasteiger partial charge < -0.3 is 15.2 Å². The highest BCUT2D eigenvalue weighted by Gasteiger charge is 2.25. The Bertz CT molecular complexity index is 991. The summed E-state index contributed by atoms with van der Waals surface area (Å²) in [7, 11) is 1.27. The average Bonchev–Trinajstić information content (AvgIpc) is 3.01. The van der Waals surface area contributed by atoms with Crippen molar-refractivity contribution in [2.45, 2.75) is 12.5 Å². The minimum atomic E-state index is -0.763. The number of nitrogens with one attached hydrogen (secondary N) is 1. The first kappa shape index (κ1) is 20.6. The van der Waals surface area contributed by atoms with Crippen LogP contribution in [0.25, 0.3) is 6.08 Å². The van der Waals surface area contributed by atoms with Crippen LogP contribution >= 0.6 is 11.8 Å². The monoisotopic (exact) mass is 416 g/mol. The second-order valence-electron chi connectivity index (χ2n) is 6.12. The zero-order chi connectivity index (χ0) is 21.0. The molecule has 150 valence electrons. The van der Waals surface area contributed by atoms with Gasteiger partial charge in [-0.3, -0.25) is 19.7 Å². The van der Waals surface area contributed by atoms with Crippen LogP contribution in [0.15, 0.2) is 47.4 Å². The van der Waals surface area contributed by atoms with E-state index in [0.717, 1.165) is 17.3 Å². The molecule has 0 bridgehead atoms. The minimum absolute atomic E-state index is 0.00534. The molecule has 1 heterocycles. The highest BCUT2D eigenvalue weighted by molar-refractivity contribution is 8.18. The second-order valence-corrected chi connectivity index (χ2v) is 7.14. The van der Waals surface area contributed by atoms with Crippen molar-refractivity contribution in [1.82, 2.24) is 5.32 Å². The normalized spacial score (nSPS) is 15.9. The smallest absolute Gasteiger partial charge is 0.322 e. The number of halogens is 1. The summed E-state index contributed by atoms with van der Waals surface area (Å²) in [5.41, 5.74) is 6.96. The molecule has 1 fully saturated rings. The van der Waals surface area contributed by atoms with Gasteiger partial charge in [0.1, 0.15) is 11.8 Å². The fourth-order valence-electron chi connectivity index (χ4n) is 2.57. The van der Waals surface area contributed by atoms with Crippen LogP contribution in [-0.2, 0) is 20.7 Å². The molecule has 1 aliphatic heterocycles. The van der Waals surface area contributed by atoms with Gasteiger partial charge >= 0.3 is 5.97 Å². The molecule has 2 aromatic carbocycles. The third-order valence-corrected chi connectivity index (χ3v) is 4.82. The molecule has 7 nitrogen and oxygen atoms in total. The van der Waals surface area contributed by atoms with E-state index >= 15 is 0 Å². The summed E-state index contributed by atoms with van der Waals surface area (Å²) in [4.78, 5) is 34.3. The maximum Gasteiger partial charge on any atom is 0.322 e. The van der Waals surface area contributed by atoms with E-state index in [-0.39, 0.29) is 10.7 Å². The Morgan fingerprint density at radius 1 is 1.24 bits per heavy atom. The number of ether oxygens (including phenoxy) is 2. The van der Waals surface area contributed by atoms with Crippen LogP contribution in [0.4, 0.5) is 9.18 Å². The lowest BCUT2D eigenvalue weighted by molar-refractivity contribution is -0.142. The third kappa shape index (κ3) is 5.21. The summed E-state index contributed by atoms with van der Waals surface area (Å²) >= 11 is 0.760. The molecule has 9 heteroatoms. The quantitative estimate of drug-likeness (QED) is 0.551. The van der Waals surface area contributed by atoms with E-state index in [1.165, 1.54) is 25.3 Å². The van der Waals surface area contributed by atoms with Gasteiger partial charge in [0.05, 0.1) is 12.0 Å². The van der Waals surface area contributed by atoms with Crippen molar-refractivity contribution in [2.24, 2.45) is 5.73 Å². The van der Waals surface area contributed by atoms with Gasteiger partial charge in [0.25, 0.3) is 11.1 Å². The molecule has 2 aromatic rings. The molecule has 3 rings (SSSR count). The van der Waals surface area contributed by atoms with Crippen molar-refractivity contribution in [1.29, 1.82) is 0 Å². The van der Waals surface area contributed by atoms with Crippen LogP contribution in [-0.4, -0.2) is 30.3 Å². The van der Waals surface area contributed by atoms with E-state index in [1.807, 2.05) is 0 Å². The van der Waals surface area contributed by atoms with Crippen LogP contribution in [0.5, 0.6) is 11.5 Å². The first-order valence-electron chi connectivity index (χ1n) is 8.50. The number of thioether (sulfide) groups is 1. The molecular formula is C20H17FN2O5S. The van der Waals surface area contributed by atoms with Crippen molar-refractivity contribution in [3.05, 3.63) is 64.3 Å². The molecule has 1 aliphatic rings. The van der Waals surface area contributed by atoms with E-state index in [2.05, 4.69) is 10.1 Å². The van der Waals surface area contributed by atoms with Crippen molar-refractivity contribution < 1.29 is 28.2 Å². The number of carbonyl (C=O) groups is 3. The summed E-state index contributed by atoms with van der Waals surface area (Å²) in [5, 5.41) is 1.68. The zero-order valence-corrected chi connectivity index (χ0v) is 16.1. The van der Waals surface area contributed by atoms with Crippen molar-refractivity contribution in [3.8, 4) is 11.5 Å². The van der Waals surface area contributed by atoms with E-state index < -0.39 is 29.0 Å². The second kappa shape index (κ2) is 8.89. The van der Waals surface area contributed by atoms with E-state index in [4.69, 9.17) is 10.5 Å². The summed E-state index contributed by atoms with van der Waals surface area (Å²) in [6, 6.07) is 10.2. The Labute approximate surface area is 170 Å². The topological polar surface area (TPSA) is 108 Å². The van der Waals surface area contributed by atoms with Gasteiger partial charge in [0.2, 0.25) is 0 Å². The lowest BCUT2D eigenvalue weighted by Gasteiger charge is -2.11.